The van der Waals surface area contributed by atoms with Gasteiger partial charge in [0.25, 0.3) is 0 Å². The van der Waals surface area contributed by atoms with Gasteiger partial charge in [-0.2, -0.15) is 0 Å². The molecular formula is C24H34N4O3. The number of benzene rings is 2. The number of aryl methyl sites for hydroxylation is 1. The summed E-state index contributed by atoms with van der Waals surface area (Å²) >= 11 is 0. The van der Waals surface area contributed by atoms with Crippen molar-refractivity contribution in [1.29, 1.82) is 0 Å². The monoisotopic (exact) mass is 426 g/mol. The van der Waals surface area contributed by atoms with E-state index in [1.807, 2.05) is 43.3 Å². The van der Waals surface area contributed by atoms with Gasteiger partial charge in [-0.1, -0.05) is 42.5 Å². The van der Waals surface area contributed by atoms with Crippen molar-refractivity contribution in [1.82, 2.24) is 16.0 Å². The highest BCUT2D eigenvalue weighted by Gasteiger charge is 2.07. The van der Waals surface area contributed by atoms with Crippen molar-refractivity contribution in [2.45, 2.75) is 32.9 Å². The zero-order chi connectivity index (χ0) is 22.3. The Labute approximate surface area is 185 Å². The van der Waals surface area contributed by atoms with E-state index in [0.717, 1.165) is 28.9 Å². The van der Waals surface area contributed by atoms with E-state index in [1.165, 1.54) is 0 Å². The average Bonchev–Trinajstić information content (AvgIpc) is 2.79. The summed E-state index contributed by atoms with van der Waals surface area (Å²) in [6.45, 7) is 4.92. The van der Waals surface area contributed by atoms with E-state index in [1.54, 1.807) is 14.2 Å². The van der Waals surface area contributed by atoms with Gasteiger partial charge >= 0.3 is 0 Å². The van der Waals surface area contributed by atoms with Crippen molar-refractivity contribution in [3.8, 4) is 5.75 Å². The van der Waals surface area contributed by atoms with Crippen LogP contribution in [0.1, 0.15) is 29.5 Å². The maximum Gasteiger partial charge on any atom is 0.222 e. The highest BCUT2D eigenvalue weighted by molar-refractivity contribution is 5.81. The number of ether oxygens (including phenoxy) is 2. The quantitative estimate of drug-likeness (QED) is 0.276. The minimum Gasteiger partial charge on any atom is -0.493 e. The first kappa shape index (κ1) is 24.2. The van der Waals surface area contributed by atoms with Crippen LogP contribution >= 0.6 is 0 Å². The zero-order valence-electron chi connectivity index (χ0n) is 18.7. The third-order valence-electron chi connectivity index (χ3n) is 4.62. The summed E-state index contributed by atoms with van der Waals surface area (Å²) in [4.78, 5) is 16.3. The van der Waals surface area contributed by atoms with Crippen LogP contribution < -0.4 is 20.7 Å². The van der Waals surface area contributed by atoms with Crippen LogP contribution in [0.5, 0.6) is 5.75 Å². The number of carbonyl (C=O) groups excluding carboxylic acids is 1. The van der Waals surface area contributed by atoms with Gasteiger partial charge in [0.1, 0.15) is 5.75 Å². The summed E-state index contributed by atoms with van der Waals surface area (Å²) < 4.78 is 11.0. The Morgan fingerprint density at radius 1 is 1.00 bits per heavy atom. The van der Waals surface area contributed by atoms with Crippen molar-refractivity contribution in [3.05, 3.63) is 65.2 Å². The molecule has 2 aromatic carbocycles. The number of aliphatic imine (C=N–C) groups is 1. The topological polar surface area (TPSA) is 84.0 Å². The van der Waals surface area contributed by atoms with E-state index in [-0.39, 0.29) is 5.91 Å². The van der Waals surface area contributed by atoms with Crippen molar-refractivity contribution >= 4 is 11.9 Å². The van der Waals surface area contributed by atoms with Gasteiger partial charge in [-0.3, -0.25) is 9.79 Å². The van der Waals surface area contributed by atoms with Crippen LogP contribution in [-0.2, 0) is 22.6 Å². The maximum absolute atomic E-state index is 12.1. The van der Waals surface area contributed by atoms with Crippen LogP contribution in [0, 0.1) is 6.92 Å². The standard InChI is InChI=1S/C24H34N4O3/c1-19-10-11-21(22(16-19)31-15-7-14-30-3)18-28-24(25-2)26-13-12-23(29)27-17-20-8-5-4-6-9-20/h4-6,8-11,16H,7,12-15,17-18H2,1-3H3,(H,27,29)(H2,25,26,28). The number of hydrogen-bond donors (Lipinski definition) is 3. The Hall–Kier alpha value is -3.06. The van der Waals surface area contributed by atoms with E-state index in [2.05, 4.69) is 33.1 Å². The molecule has 1 amide bonds. The first-order valence-electron chi connectivity index (χ1n) is 10.6. The summed E-state index contributed by atoms with van der Waals surface area (Å²) in [5.74, 6) is 1.50. The van der Waals surface area contributed by atoms with Crippen LogP contribution in [0.25, 0.3) is 0 Å². The Morgan fingerprint density at radius 3 is 2.55 bits per heavy atom. The Bertz CT molecular complexity index is 825. The molecule has 7 heteroatoms. The lowest BCUT2D eigenvalue weighted by Gasteiger charge is -2.15. The number of carbonyl (C=O) groups is 1. The molecule has 0 radical (unpaired) electrons. The number of amides is 1. The summed E-state index contributed by atoms with van der Waals surface area (Å²) in [6, 6.07) is 16.0. The Balaban J connectivity index is 1.74. The molecule has 7 nitrogen and oxygen atoms in total. The smallest absolute Gasteiger partial charge is 0.222 e. The van der Waals surface area contributed by atoms with E-state index in [0.29, 0.717) is 45.2 Å². The van der Waals surface area contributed by atoms with E-state index in [4.69, 9.17) is 9.47 Å². The van der Waals surface area contributed by atoms with E-state index < -0.39 is 0 Å². The van der Waals surface area contributed by atoms with Crippen LogP contribution in [0.3, 0.4) is 0 Å². The summed E-state index contributed by atoms with van der Waals surface area (Å²) in [5, 5.41) is 9.39. The molecule has 2 rings (SSSR count). The molecule has 0 unspecified atom stereocenters. The minimum absolute atomic E-state index is 0.00270. The van der Waals surface area contributed by atoms with Gasteiger partial charge in [0.05, 0.1) is 6.61 Å². The molecule has 0 fully saturated rings. The molecule has 0 saturated heterocycles. The lowest BCUT2D eigenvalue weighted by Crippen LogP contribution is -2.39. The lowest BCUT2D eigenvalue weighted by molar-refractivity contribution is -0.121. The summed E-state index contributed by atoms with van der Waals surface area (Å²) in [5.41, 5.74) is 3.28. The molecule has 31 heavy (non-hydrogen) atoms. The molecule has 0 aromatic heterocycles. The fourth-order valence-corrected chi connectivity index (χ4v) is 2.91. The lowest BCUT2D eigenvalue weighted by atomic mass is 10.1. The first-order valence-corrected chi connectivity index (χ1v) is 10.6. The Kier molecular flexibility index (Phi) is 11.0. The SMILES string of the molecule is CN=C(NCCC(=O)NCc1ccccc1)NCc1ccc(C)cc1OCCCOC. The number of rotatable bonds is 12. The highest BCUT2D eigenvalue weighted by Crippen LogP contribution is 2.20. The van der Waals surface area contributed by atoms with Crippen molar-refractivity contribution in [2.24, 2.45) is 4.99 Å². The van der Waals surface area contributed by atoms with Crippen LogP contribution in [0.4, 0.5) is 0 Å². The van der Waals surface area contributed by atoms with Gasteiger partial charge in [0.2, 0.25) is 5.91 Å². The van der Waals surface area contributed by atoms with Crippen molar-refractivity contribution in [2.75, 3.05) is 33.9 Å². The number of methoxy groups -OCH3 is 1. The molecule has 2 aromatic rings. The zero-order valence-corrected chi connectivity index (χ0v) is 18.7. The molecule has 0 saturated carbocycles. The molecule has 0 aliphatic rings. The fraction of sp³-hybridized carbons (Fsp3) is 0.417. The van der Waals surface area contributed by atoms with Gasteiger partial charge in [-0.15, -0.1) is 0 Å². The predicted molar refractivity (Wildman–Crippen MR) is 124 cm³/mol. The second-order valence-corrected chi connectivity index (χ2v) is 7.17. The molecule has 3 N–H and O–H groups in total. The molecule has 0 heterocycles. The van der Waals surface area contributed by atoms with Crippen molar-refractivity contribution < 1.29 is 14.3 Å². The minimum atomic E-state index is -0.00270. The van der Waals surface area contributed by atoms with Crippen LogP contribution in [0.15, 0.2) is 53.5 Å². The number of hydrogen-bond acceptors (Lipinski definition) is 4. The Morgan fingerprint density at radius 2 is 1.81 bits per heavy atom. The highest BCUT2D eigenvalue weighted by atomic mass is 16.5. The number of nitrogens with zero attached hydrogens (tertiary/aromatic N) is 1. The third-order valence-corrected chi connectivity index (χ3v) is 4.62. The molecule has 168 valence electrons. The maximum atomic E-state index is 12.1. The van der Waals surface area contributed by atoms with Gasteiger partial charge in [-0.05, 0) is 24.1 Å². The molecular weight excluding hydrogens is 392 g/mol. The number of guanidine groups is 1. The second kappa shape index (κ2) is 14.0. The molecule has 0 atom stereocenters. The normalized spacial score (nSPS) is 11.1. The molecule has 0 bridgehead atoms. The van der Waals surface area contributed by atoms with Gasteiger partial charge in [-0.25, -0.2) is 0 Å². The second-order valence-electron chi connectivity index (χ2n) is 7.17. The average molecular weight is 427 g/mol. The number of nitrogens with one attached hydrogen (secondary N) is 3. The van der Waals surface area contributed by atoms with Gasteiger partial charge in [0, 0.05) is 58.8 Å². The largest absolute Gasteiger partial charge is 0.493 e. The van der Waals surface area contributed by atoms with Crippen molar-refractivity contribution in [3.63, 3.8) is 0 Å². The van der Waals surface area contributed by atoms with Crippen LogP contribution in [-0.4, -0.2) is 45.8 Å². The van der Waals surface area contributed by atoms with E-state index in [9.17, 15) is 4.79 Å². The van der Waals surface area contributed by atoms with E-state index >= 15 is 0 Å². The first-order chi connectivity index (χ1) is 15.1. The molecule has 0 spiro atoms. The molecule has 0 aliphatic heterocycles. The molecule has 0 aliphatic carbocycles. The third kappa shape index (κ3) is 9.53. The summed E-state index contributed by atoms with van der Waals surface area (Å²) in [7, 11) is 3.40. The van der Waals surface area contributed by atoms with Crippen LogP contribution in [0.2, 0.25) is 0 Å². The van der Waals surface area contributed by atoms with Gasteiger partial charge < -0.3 is 25.4 Å². The fourth-order valence-electron chi connectivity index (χ4n) is 2.91. The summed E-state index contributed by atoms with van der Waals surface area (Å²) in [6.07, 6.45) is 1.21. The van der Waals surface area contributed by atoms with Gasteiger partial charge in [0.15, 0.2) is 5.96 Å². The predicted octanol–water partition coefficient (Wildman–Crippen LogP) is 2.78.